The van der Waals surface area contributed by atoms with E-state index in [0.29, 0.717) is 0 Å². The van der Waals surface area contributed by atoms with Crippen molar-refractivity contribution in [2.45, 2.75) is 70.5 Å². The van der Waals surface area contributed by atoms with E-state index in [-0.39, 0.29) is 6.29 Å². The van der Waals surface area contributed by atoms with Crippen molar-refractivity contribution < 1.29 is 9.47 Å². The highest BCUT2D eigenvalue weighted by atomic mass is 16.7. The Morgan fingerprint density at radius 1 is 0.897 bits per heavy atom. The summed E-state index contributed by atoms with van der Waals surface area (Å²) in [6.07, 6.45) is 14.4. The summed E-state index contributed by atoms with van der Waals surface area (Å²) in [6.45, 7) is 1.72. The molecule has 1 unspecified atom stereocenters. The molecular weight excluding hydrogens is 356 g/mol. The number of rotatable bonds is 9. The van der Waals surface area contributed by atoms with Crippen LogP contribution < -0.4 is 0 Å². The van der Waals surface area contributed by atoms with E-state index in [1.165, 1.54) is 66.4 Å². The Kier molecular flexibility index (Phi) is 7.56. The number of ether oxygens (including phenoxy) is 2. The molecule has 0 bridgehead atoms. The number of unbranched alkanes of at least 4 members (excludes halogenated alkanes) is 3. The van der Waals surface area contributed by atoms with Crippen LogP contribution >= 0.6 is 0 Å². The molecule has 2 nitrogen and oxygen atoms in total. The molecule has 2 aromatic carbocycles. The van der Waals surface area contributed by atoms with Crippen LogP contribution in [0.4, 0.5) is 0 Å². The van der Waals surface area contributed by atoms with E-state index in [0.717, 1.165) is 38.9 Å². The highest BCUT2D eigenvalue weighted by Crippen LogP contribution is 2.31. The third-order valence-electron chi connectivity index (χ3n) is 6.15. The van der Waals surface area contributed by atoms with Gasteiger partial charge in [0.2, 0.25) is 0 Å². The van der Waals surface area contributed by atoms with Crippen LogP contribution in [-0.2, 0) is 22.3 Å². The zero-order valence-electron chi connectivity index (χ0n) is 17.6. The van der Waals surface area contributed by atoms with Crippen molar-refractivity contribution in [1.82, 2.24) is 0 Å². The normalized spacial score (nSPS) is 18.9. The third-order valence-corrected chi connectivity index (χ3v) is 6.15. The molecule has 1 saturated heterocycles. The molecule has 0 saturated carbocycles. The second kappa shape index (κ2) is 10.8. The van der Waals surface area contributed by atoms with Crippen LogP contribution in [0.5, 0.6) is 0 Å². The van der Waals surface area contributed by atoms with Gasteiger partial charge in [-0.15, -0.1) is 0 Å². The maximum Gasteiger partial charge on any atom is 0.157 e. The molecule has 2 aromatic rings. The Morgan fingerprint density at radius 2 is 1.79 bits per heavy atom. The number of aryl methyl sites for hydroxylation is 2. The molecule has 0 radical (unpaired) electrons. The van der Waals surface area contributed by atoms with Crippen LogP contribution in [0.25, 0.3) is 11.6 Å². The number of benzene rings is 2. The molecule has 29 heavy (non-hydrogen) atoms. The van der Waals surface area contributed by atoms with Crippen molar-refractivity contribution in [3.63, 3.8) is 0 Å². The van der Waals surface area contributed by atoms with Crippen molar-refractivity contribution in [2.24, 2.45) is 0 Å². The number of fused-ring (bicyclic) bond motifs is 1. The van der Waals surface area contributed by atoms with E-state index in [4.69, 9.17) is 9.47 Å². The summed E-state index contributed by atoms with van der Waals surface area (Å²) in [5.41, 5.74) is 7.24. The van der Waals surface area contributed by atoms with Crippen molar-refractivity contribution in [2.75, 3.05) is 13.2 Å². The minimum Gasteiger partial charge on any atom is -0.353 e. The summed E-state index contributed by atoms with van der Waals surface area (Å²) in [7, 11) is 0. The Balaban J connectivity index is 1.18. The molecule has 0 N–H and O–H groups in total. The zero-order chi connectivity index (χ0) is 19.7. The first kappa shape index (κ1) is 20.4. The Labute approximate surface area is 175 Å². The molecule has 0 amide bonds. The highest BCUT2D eigenvalue weighted by molar-refractivity contribution is 5.84. The molecule has 1 fully saturated rings. The zero-order valence-corrected chi connectivity index (χ0v) is 17.6. The summed E-state index contributed by atoms with van der Waals surface area (Å²) < 4.78 is 11.4. The van der Waals surface area contributed by atoms with Gasteiger partial charge in [-0.3, -0.25) is 0 Å². The van der Waals surface area contributed by atoms with Gasteiger partial charge in [0.25, 0.3) is 0 Å². The monoisotopic (exact) mass is 390 g/mol. The Hall–Kier alpha value is -1.90. The van der Waals surface area contributed by atoms with Crippen molar-refractivity contribution in [1.29, 1.82) is 0 Å². The topological polar surface area (TPSA) is 18.5 Å². The van der Waals surface area contributed by atoms with Gasteiger partial charge in [-0.25, -0.2) is 0 Å². The fourth-order valence-corrected chi connectivity index (χ4v) is 4.42. The quantitative estimate of drug-likeness (QED) is 0.437. The fourth-order valence-electron chi connectivity index (χ4n) is 4.42. The summed E-state index contributed by atoms with van der Waals surface area (Å²) in [5, 5.41) is 0. The van der Waals surface area contributed by atoms with E-state index in [2.05, 4.69) is 54.6 Å². The highest BCUT2D eigenvalue weighted by Gasteiger charge is 2.14. The summed E-state index contributed by atoms with van der Waals surface area (Å²) in [4.78, 5) is 0. The van der Waals surface area contributed by atoms with Gasteiger partial charge in [-0.05, 0) is 79.2 Å². The first-order valence-electron chi connectivity index (χ1n) is 11.5. The van der Waals surface area contributed by atoms with Gasteiger partial charge in [0.05, 0.1) is 0 Å². The lowest BCUT2D eigenvalue weighted by Crippen LogP contribution is -2.22. The molecule has 0 aromatic heterocycles. The van der Waals surface area contributed by atoms with E-state index < -0.39 is 0 Å². The second-order valence-electron chi connectivity index (χ2n) is 8.40. The summed E-state index contributed by atoms with van der Waals surface area (Å²) in [6, 6.07) is 17.9. The number of hydrogen-bond acceptors (Lipinski definition) is 2. The van der Waals surface area contributed by atoms with Crippen LogP contribution in [0, 0.1) is 0 Å². The number of allylic oxidation sites excluding steroid dienone is 1. The average Bonchev–Trinajstić information content (AvgIpc) is 2.79. The fraction of sp³-hybridized carbons (Fsp3) is 0.481. The lowest BCUT2D eigenvalue weighted by molar-refractivity contribution is -0.162. The first-order chi connectivity index (χ1) is 14.4. The largest absolute Gasteiger partial charge is 0.353 e. The molecule has 1 atom stereocenters. The standard InChI is InChI=1S/C27H34O2/c1(2-8-18-28-27-13-7-9-19-29-27)4-10-22-14-15-26-21-25(17-16-24(26)20-22)23-11-5-3-6-12-23/h3,5-6,11-12,14-15,20-21,27H,1-2,4,7-10,13,16-19H2. The van der Waals surface area contributed by atoms with Gasteiger partial charge in [0.1, 0.15) is 0 Å². The van der Waals surface area contributed by atoms with Gasteiger partial charge in [0.15, 0.2) is 6.29 Å². The van der Waals surface area contributed by atoms with Gasteiger partial charge in [-0.2, -0.15) is 0 Å². The van der Waals surface area contributed by atoms with Crippen molar-refractivity contribution in [3.8, 4) is 0 Å². The van der Waals surface area contributed by atoms with Crippen LogP contribution in [0.2, 0.25) is 0 Å². The van der Waals surface area contributed by atoms with Gasteiger partial charge in [-0.1, -0.05) is 67.4 Å². The van der Waals surface area contributed by atoms with Gasteiger partial charge < -0.3 is 9.47 Å². The molecule has 1 aliphatic heterocycles. The van der Waals surface area contributed by atoms with E-state index in [9.17, 15) is 0 Å². The molecule has 1 heterocycles. The van der Waals surface area contributed by atoms with Gasteiger partial charge in [0, 0.05) is 13.2 Å². The molecule has 2 heteroatoms. The van der Waals surface area contributed by atoms with Crippen LogP contribution in [0.15, 0.2) is 48.5 Å². The maximum atomic E-state index is 5.82. The number of hydrogen-bond donors (Lipinski definition) is 0. The minimum absolute atomic E-state index is 0.0655. The van der Waals surface area contributed by atoms with Crippen LogP contribution in [-0.4, -0.2) is 19.5 Å². The van der Waals surface area contributed by atoms with Crippen molar-refractivity contribution in [3.05, 3.63) is 70.8 Å². The van der Waals surface area contributed by atoms with Crippen LogP contribution in [0.3, 0.4) is 0 Å². The molecule has 2 aliphatic rings. The van der Waals surface area contributed by atoms with E-state index in [1.54, 1.807) is 0 Å². The molecule has 0 spiro atoms. The summed E-state index contributed by atoms with van der Waals surface area (Å²) in [5.74, 6) is 0. The molecular formula is C27H34O2. The van der Waals surface area contributed by atoms with E-state index >= 15 is 0 Å². The van der Waals surface area contributed by atoms with Gasteiger partial charge >= 0.3 is 0 Å². The van der Waals surface area contributed by atoms with Crippen LogP contribution in [0.1, 0.15) is 73.6 Å². The predicted molar refractivity (Wildman–Crippen MR) is 121 cm³/mol. The Morgan fingerprint density at radius 3 is 2.66 bits per heavy atom. The van der Waals surface area contributed by atoms with Crippen molar-refractivity contribution >= 4 is 11.6 Å². The third kappa shape index (κ3) is 6.04. The Bertz CT molecular complexity index is 787. The SMILES string of the molecule is C1=C(c2ccccc2)CCc2cc(CCCCCCOC3CCCCO3)ccc21. The molecule has 4 rings (SSSR count). The summed E-state index contributed by atoms with van der Waals surface area (Å²) >= 11 is 0. The maximum absolute atomic E-state index is 5.82. The molecule has 1 aliphatic carbocycles. The second-order valence-corrected chi connectivity index (χ2v) is 8.40. The lowest BCUT2D eigenvalue weighted by atomic mass is 9.87. The predicted octanol–water partition coefficient (Wildman–Crippen LogP) is 6.82. The van der Waals surface area contributed by atoms with E-state index in [1.807, 2.05) is 0 Å². The smallest absolute Gasteiger partial charge is 0.157 e. The molecule has 154 valence electrons. The average molecular weight is 391 g/mol. The lowest BCUT2D eigenvalue weighted by Gasteiger charge is -2.22. The minimum atomic E-state index is 0.0655. The first-order valence-corrected chi connectivity index (χ1v) is 11.5.